The van der Waals surface area contributed by atoms with Crippen molar-refractivity contribution in [3.8, 4) is 0 Å². The van der Waals surface area contributed by atoms with Gasteiger partial charge in [-0.15, -0.1) is 0 Å². The highest BCUT2D eigenvalue weighted by Gasteiger charge is 2.63. The van der Waals surface area contributed by atoms with Crippen molar-refractivity contribution in [3.05, 3.63) is 40.4 Å². The number of rotatable bonds is 4. The largest absolute Gasteiger partial charge is 0.369 e. The summed E-state index contributed by atoms with van der Waals surface area (Å²) >= 11 is 0. The molecule has 142 valence electrons. The Morgan fingerprint density at radius 3 is 3.19 bits per heavy atom. The zero-order chi connectivity index (χ0) is 18.6. The molecule has 0 radical (unpaired) electrons. The van der Waals surface area contributed by atoms with Crippen LogP contribution >= 0.6 is 0 Å². The van der Waals surface area contributed by atoms with Gasteiger partial charge in [0, 0.05) is 43.7 Å². The van der Waals surface area contributed by atoms with Gasteiger partial charge in [-0.3, -0.25) is 14.6 Å². The molecule has 2 aromatic heterocycles. The summed E-state index contributed by atoms with van der Waals surface area (Å²) in [6.45, 7) is 2.02. The number of aromatic nitrogens is 3. The summed E-state index contributed by atoms with van der Waals surface area (Å²) in [7, 11) is 0. The van der Waals surface area contributed by atoms with Gasteiger partial charge in [-0.05, 0) is 25.0 Å². The third kappa shape index (κ3) is 2.61. The van der Waals surface area contributed by atoms with Crippen molar-refractivity contribution in [1.29, 1.82) is 0 Å². The van der Waals surface area contributed by atoms with Crippen molar-refractivity contribution in [2.75, 3.05) is 30.3 Å². The van der Waals surface area contributed by atoms with Crippen molar-refractivity contribution in [2.24, 2.45) is 11.8 Å². The lowest BCUT2D eigenvalue weighted by Gasteiger charge is -2.29. The highest BCUT2D eigenvalue weighted by molar-refractivity contribution is 5.92. The van der Waals surface area contributed by atoms with Crippen LogP contribution in [0.4, 0.5) is 11.8 Å². The number of H-pyrrole nitrogens is 2. The molecule has 5 rings (SSSR count). The number of ether oxygens (including phenoxy) is 1. The molecular formula is C18H22N6O3. The molecule has 2 aromatic rings. The van der Waals surface area contributed by atoms with Crippen LogP contribution in [0.5, 0.6) is 0 Å². The molecular weight excluding hydrogens is 348 g/mol. The molecule has 9 nitrogen and oxygen atoms in total. The first-order valence-electron chi connectivity index (χ1n) is 9.25. The standard InChI is InChI=1S/C18H22N6O3/c19-17-22-14(6-15(25)23-17)24-8-11-10(13-3-4-18(11,9-24)27-13)7-21-16(26)12-2-1-5-20-12/h1-2,5-6,10-11,13,20H,3-4,7-9H2,(H,21,26)(H3,19,22,23,25)/t10-,11+,13+,18+/m0/s1. The number of nitrogens with zero attached hydrogens (tertiary/aromatic N) is 2. The van der Waals surface area contributed by atoms with Gasteiger partial charge < -0.3 is 25.7 Å². The molecule has 2 bridgehead atoms. The van der Waals surface area contributed by atoms with Gasteiger partial charge in [0.1, 0.15) is 11.5 Å². The van der Waals surface area contributed by atoms with Crippen LogP contribution in [0.15, 0.2) is 29.2 Å². The fourth-order valence-electron chi connectivity index (χ4n) is 5.04. The minimum atomic E-state index is -0.257. The average molecular weight is 370 g/mol. The molecule has 3 fully saturated rings. The summed E-state index contributed by atoms with van der Waals surface area (Å²) in [6.07, 6.45) is 3.91. The minimum Gasteiger partial charge on any atom is -0.369 e. The van der Waals surface area contributed by atoms with Crippen LogP contribution in [0, 0.1) is 11.8 Å². The van der Waals surface area contributed by atoms with E-state index in [1.165, 1.54) is 6.07 Å². The number of hydrogen-bond donors (Lipinski definition) is 4. The predicted octanol–water partition coefficient (Wildman–Crippen LogP) is 0.0940. The lowest BCUT2D eigenvalue weighted by atomic mass is 9.73. The molecule has 27 heavy (non-hydrogen) atoms. The number of carbonyl (C=O) groups is 1. The van der Waals surface area contributed by atoms with E-state index >= 15 is 0 Å². The maximum atomic E-state index is 12.3. The van der Waals surface area contributed by atoms with E-state index in [9.17, 15) is 9.59 Å². The Morgan fingerprint density at radius 1 is 1.52 bits per heavy atom. The van der Waals surface area contributed by atoms with Gasteiger partial charge in [-0.25, -0.2) is 0 Å². The van der Waals surface area contributed by atoms with Crippen LogP contribution < -0.4 is 21.5 Å². The summed E-state index contributed by atoms with van der Waals surface area (Å²) < 4.78 is 6.39. The first-order valence-corrected chi connectivity index (χ1v) is 9.25. The van der Waals surface area contributed by atoms with E-state index < -0.39 is 0 Å². The topological polar surface area (TPSA) is 129 Å². The Labute approximate surface area is 155 Å². The fourth-order valence-corrected chi connectivity index (χ4v) is 5.04. The van der Waals surface area contributed by atoms with Crippen LogP contribution in [0.25, 0.3) is 0 Å². The second-order valence-corrected chi connectivity index (χ2v) is 7.69. The Morgan fingerprint density at radius 2 is 2.41 bits per heavy atom. The molecule has 1 spiro atoms. The minimum absolute atomic E-state index is 0.101. The van der Waals surface area contributed by atoms with Crippen molar-refractivity contribution < 1.29 is 9.53 Å². The lowest BCUT2D eigenvalue weighted by molar-refractivity contribution is 0.0141. The van der Waals surface area contributed by atoms with E-state index in [4.69, 9.17) is 10.5 Å². The number of amides is 1. The fraction of sp³-hybridized carbons (Fsp3) is 0.500. The third-order valence-corrected chi connectivity index (χ3v) is 6.20. The number of anilines is 2. The summed E-state index contributed by atoms with van der Waals surface area (Å²) in [5.41, 5.74) is 5.78. The van der Waals surface area contributed by atoms with E-state index in [-0.39, 0.29) is 35.0 Å². The first-order chi connectivity index (χ1) is 13.0. The van der Waals surface area contributed by atoms with Crippen molar-refractivity contribution in [2.45, 2.75) is 24.5 Å². The second-order valence-electron chi connectivity index (χ2n) is 7.69. The van der Waals surface area contributed by atoms with Crippen LogP contribution in [0.3, 0.4) is 0 Å². The maximum Gasteiger partial charge on any atom is 0.267 e. The summed E-state index contributed by atoms with van der Waals surface area (Å²) in [6, 6.07) is 5.04. The molecule has 0 aliphatic carbocycles. The molecule has 1 amide bonds. The zero-order valence-electron chi connectivity index (χ0n) is 14.8. The second kappa shape index (κ2) is 5.85. The molecule has 5 N–H and O–H groups in total. The van der Waals surface area contributed by atoms with E-state index in [0.717, 1.165) is 19.4 Å². The quantitative estimate of drug-likeness (QED) is 0.604. The van der Waals surface area contributed by atoms with Crippen LogP contribution in [-0.4, -0.2) is 52.2 Å². The van der Waals surface area contributed by atoms with Crippen LogP contribution in [0.2, 0.25) is 0 Å². The zero-order valence-corrected chi connectivity index (χ0v) is 14.8. The lowest BCUT2D eigenvalue weighted by Crippen LogP contribution is -2.42. The van der Waals surface area contributed by atoms with E-state index in [0.29, 0.717) is 30.5 Å². The Hall–Kier alpha value is -2.81. The number of carbonyl (C=O) groups excluding carboxylic acids is 1. The van der Waals surface area contributed by atoms with Crippen molar-refractivity contribution >= 4 is 17.7 Å². The van der Waals surface area contributed by atoms with Crippen molar-refractivity contribution in [1.82, 2.24) is 20.3 Å². The van der Waals surface area contributed by atoms with Gasteiger partial charge in [-0.1, -0.05) is 0 Å². The Balaban J connectivity index is 1.33. The number of nitrogen functional groups attached to an aromatic ring is 1. The Kier molecular flexibility index (Phi) is 3.55. The van der Waals surface area contributed by atoms with Crippen LogP contribution in [-0.2, 0) is 4.74 Å². The molecule has 3 aliphatic rings. The molecule has 9 heteroatoms. The molecule has 3 saturated heterocycles. The first kappa shape index (κ1) is 16.4. The Bertz CT molecular complexity index is 925. The number of aromatic amines is 2. The monoisotopic (exact) mass is 370 g/mol. The van der Waals surface area contributed by atoms with Gasteiger partial charge in [0.15, 0.2) is 0 Å². The van der Waals surface area contributed by atoms with Crippen LogP contribution in [0.1, 0.15) is 23.3 Å². The average Bonchev–Trinajstić information content (AvgIpc) is 3.38. The number of fused-ring (bicyclic) bond motifs is 1. The number of nitrogens with one attached hydrogen (secondary N) is 3. The predicted molar refractivity (Wildman–Crippen MR) is 98.4 cm³/mol. The molecule has 0 saturated carbocycles. The van der Waals surface area contributed by atoms with Gasteiger partial charge in [0.25, 0.3) is 11.5 Å². The molecule has 0 unspecified atom stereocenters. The maximum absolute atomic E-state index is 12.3. The third-order valence-electron chi connectivity index (χ3n) is 6.20. The summed E-state index contributed by atoms with van der Waals surface area (Å²) in [4.78, 5) is 35.8. The SMILES string of the molecule is Nc1nc(N2C[C@@H]3[C@H](CNC(=O)c4ccc[nH]4)[C@H]4CC[C@]3(C2)O4)cc(=O)[nH]1. The molecule has 4 atom stereocenters. The van der Waals surface area contributed by atoms with Gasteiger partial charge >= 0.3 is 0 Å². The molecule has 0 aromatic carbocycles. The highest BCUT2D eigenvalue weighted by Crippen LogP contribution is 2.55. The van der Waals surface area contributed by atoms with E-state index in [1.807, 2.05) is 0 Å². The normalized spacial score (nSPS) is 31.3. The van der Waals surface area contributed by atoms with E-state index in [1.54, 1.807) is 18.3 Å². The van der Waals surface area contributed by atoms with Gasteiger partial charge in [0.05, 0.1) is 11.7 Å². The molecule has 5 heterocycles. The molecule has 3 aliphatic heterocycles. The van der Waals surface area contributed by atoms with Gasteiger partial charge in [-0.2, -0.15) is 4.98 Å². The summed E-state index contributed by atoms with van der Waals surface area (Å²) in [5, 5.41) is 3.03. The number of nitrogens with two attached hydrogens (primary N) is 1. The number of hydrogen-bond acceptors (Lipinski definition) is 6. The van der Waals surface area contributed by atoms with E-state index in [2.05, 4.69) is 25.2 Å². The van der Waals surface area contributed by atoms with Crippen molar-refractivity contribution in [3.63, 3.8) is 0 Å². The summed E-state index contributed by atoms with van der Waals surface area (Å²) in [5.74, 6) is 1.15. The van der Waals surface area contributed by atoms with Gasteiger partial charge in [0.2, 0.25) is 5.95 Å². The highest BCUT2D eigenvalue weighted by atomic mass is 16.5. The smallest absolute Gasteiger partial charge is 0.267 e.